The van der Waals surface area contributed by atoms with Gasteiger partial charge in [0.1, 0.15) is 5.15 Å². The predicted octanol–water partition coefficient (Wildman–Crippen LogP) is 3.05. The maximum Gasteiger partial charge on any atom is 0.157 e. The molecule has 0 aromatic carbocycles. The highest BCUT2D eigenvalue weighted by Gasteiger charge is 2.22. The summed E-state index contributed by atoms with van der Waals surface area (Å²) in [6, 6.07) is 6.36. The molecule has 108 valence electrons. The molecule has 1 aliphatic rings. The Morgan fingerprint density at radius 3 is 2.70 bits per heavy atom. The maximum atomic E-state index is 6.12. The Morgan fingerprint density at radius 2 is 2.05 bits per heavy atom. The molecule has 0 spiro atoms. The number of halogens is 1. The van der Waals surface area contributed by atoms with E-state index in [1.165, 1.54) is 25.9 Å². The van der Waals surface area contributed by atoms with Crippen LogP contribution >= 0.6 is 11.6 Å². The van der Waals surface area contributed by atoms with Gasteiger partial charge in [-0.3, -0.25) is 0 Å². The fourth-order valence-corrected chi connectivity index (χ4v) is 3.13. The molecule has 4 nitrogen and oxygen atoms in total. The molecule has 20 heavy (non-hydrogen) atoms. The number of likely N-dealkylation sites (tertiary alicyclic amines) is 1. The first-order valence-electron chi connectivity index (χ1n) is 7.37. The first-order chi connectivity index (χ1) is 9.63. The molecule has 0 N–H and O–H groups in total. The van der Waals surface area contributed by atoms with Crippen LogP contribution in [0.1, 0.15) is 32.5 Å². The van der Waals surface area contributed by atoms with E-state index in [4.69, 9.17) is 11.6 Å². The van der Waals surface area contributed by atoms with Gasteiger partial charge in [-0.2, -0.15) is 0 Å². The molecule has 5 heteroatoms. The van der Waals surface area contributed by atoms with E-state index in [0.29, 0.717) is 17.1 Å². The molecule has 0 atom stereocenters. The summed E-state index contributed by atoms with van der Waals surface area (Å²) in [4.78, 5) is 7.12. The van der Waals surface area contributed by atoms with Crippen molar-refractivity contribution in [2.45, 2.75) is 39.2 Å². The number of piperidine rings is 1. The van der Waals surface area contributed by atoms with Gasteiger partial charge in [0.15, 0.2) is 11.5 Å². The van der Waals surface area contributed by atoms with Crippen LogP contribution in [0.2, 0.25) is 5.15 Å². The lowest BCUT2D eigenvalue weighted by molar-refractivity contribution is 0.148. The monoisotopic (exact) mass is 292 g/mol. The number of aromatic nitrogens is 3. The van der Waals surface area contributed by atoms with Crippen molar-refractivity contribution in [1.29, 1.82) is 0 Å². The van der Waals surface area contributed by atoms with Crippen molar-refractivity contribution in [3.05, 3.63) is 29.2 Å². The first-order valence-corrected chi connectivity index (χ1v) is 7.75. The highest BCUT2D eigenvalue weighted by Crippen LogP contribution is 2.22. The molecule has 3 heterocycles. The topological polar surface area (TPSA) is 33.4 Å². The van der Waals surface area contributed by atoms with Gasteiger partial charge >= 0.3 is 0 Å². The third kappa shape index (κ3) is 2.81. The largest absolute Gasteiger partial charge is 0.301 e. The molecular weight excluding hydrogens is 272 g/mol. The van der Waals surface area contributed by atoms with Gasteiger partial charge in [-0.05, 0) is 57.8 Å². The smallest absolute Gasteiger partial charge is 0.157 e. The number of nitrogens with zero attached hydrogens (tertiary/aromatic N) is 4. The van der Waals surface area contributed by atoms with Crippen molar-refractivity contribution in [2.75, 3.05) is 13.1 Å². The predicted molar refractivity (Wildman–Crippen MR) is 81.1 cm³/mol. The van der Waals surface area contributed by atoms with Crippen LogP contribution in [0.25, 0.3) is 5.65 Å². The third-order valence-corrected chi connectivity index (χ3v) is 4.49. The highest BCUT2D eigenvalue weighted by atomic mass is 35.5. The fourth-order valence-electron chi connectivity index (χ4n) is 2.94. The molecule has 3 rings (SSSR count). The maximum absolute atomic E-state index is 6.12. The van der Waals surface area contributed by atoms with Gasteiger partial charge in [0, 0.05) is 12.5 Å². The van der Waals surface area contributed by atoms with Gasteiger partial charge in [-0.15, -0.1) is 5.10 Å². The van der Waals surface area contributed by atoms with Gasteiger partial charge in [0.25, 0.3) is 0 Å². The first kappa shape index (κ1) is 13.8. The summed E-state index contributed by atoms with van der Waals surface area (Å²) in [5, 5.41) is 5.14. The zero-order valence-corrected chi connectivity index (χ0v) is 12.8. The number of hydrogen-bond acceptors (Lipinski definition) is 3. The Kier molecular flexibility index (Phi) is 3.94. The van der Waals surface area contributed by atoms with Crippen LogP contribution in [-0.2, 0) is 6.42 Å². The number of fused-ring (bicyclic) bond motifs is 1. The van der Waals surface area contributed by atoms with Crippen molar-refractivity contribution in [2.24, 2.45) is 5.92 Å². The van der Waals surface area contributed by atoms with Crippen molar-refractivity contribution >= 4 is 17.2 Å². The summed E-state index contributed by atoms with van der Waals surface area (Å²) >= 11 is 6.12. The van der Waals surface area contributed by atoms with Crippen LogP contribution in [0.3, 0.4) is 0 Å². The van der Waals surface area contributed by atoms with E-state index in [9.17, 15) is 0 Å². The highest BCUT2D eigenvalue weighted by molar-refractivity contribution is 6.29. The Bertz CT molecular complexity index is 585. The fraction of sp³-hybridized carbons (Fsp3) is 0.600. The lowest BCUT2D eigenvalue weighted by atomic mass is 9.93. The molecular formula is C15H21ClN4. The van der Waals surface area contributed by atoms with E-state index in [2.05, 4.69) is 28.8 Å². The van der Waals surface area contributed by atoms with Gasteiger partial charge < -0.3 is 4.90 Å². The minimum Gasteiger partial charge on any atom is -0.301 e. The molecule has 1 aliphatic heterocycles. The zero-order chi connectivity index (χ0) is 14.1. The minimum absolute atomic E-state index is 0.621. The quantitative estimate of drug-likeness (QED) is 0.815. The molecule has 0 bridgehead atoms. The number of pyridine rings is 1. The molecule has 0 amide bonds. The molecule has 0 saturated carbocycles. The standard InChI is InChI=1S/C15H21ClN4/c1-11(2)19-8-6-12(7-9-19)10-14-17-15-5-3-4-13(16)20(15)18-14/h3-5,11-12H,6-10H2,1-2H3. The molecule has 1 fully saturated rings. The SMILES string of the molecule is CC(C)N1CCC(Cc2nc3cccc(Cl)n3n2)CC1. The molecule has 0 radical (unpaired) electrons. The molecule has 1 saturated heterocycles. The lowest BCUT2D eigenvalue weighted by Crippen LogP contribution is -2.38. The summed E-state index contributed by atoms with van der Waals surface area (Å²) in [6.45, 7) is 6.92. The number of hydrogen-bond donors (Lipinski definition) is 0. The van der Waals surface area contributed by atoms with Crippen LogP contribution < -0.4 is 0 Å². The van der Waals surface area contributed by atoms with Gasteiger partial charge in [-0.1, -0.05) is 17.7 Å². The minimum atomic E-state index is 0.621. The van der Waals surface area contributed by atoms with Gasteiger partial charge in [0.05, 0.1) is 0 Å². The van der Waals surface area contributed by atoms with Crippen LogP contribution in [0.15, 0.2) is 18.2 Å². The normalized spacial score (nSPS) is 18.2. The van der Waals surface area contributed by atoms with Crippen molar-refractivity contribution in [1.82, 2.24) is 19.5 Å². The summed E-state index contributed by atoms with van der Waals surface area (Å²) in [5.74, 6) is 1.61. The molecule has 0 unspecified atom stereocenters. The molecule has 2 aromatic heterocycles. The molecule has 2 aromatic rings. The van der Waals surface area contributed by atoms with Crippen molar-refractivity contribution < 1.29 is 0 Å². The summed E-state index contributed by atoms with van der Waals surface area (Å²) in [7, 11) is 0. The summed E-state index contributed by atoms with van der Waals surface area (Å²) in [5.41, 5.74) is 0.840. The van der Waals surface area contributed by atoms with Gasteiger partial charge in [-0.25, -0.2) is 9.50 Å². The summed E-state index contributed by atoms with van der Waals surface area (Å²) in [6.07, 6.45) is 3.44. The van der Waals surface area contributed by atoms with Crippen molar-refractivity contribution in [3.63, 3.8) is 0 Å². The van der Waals surface area contributed by atoms with Crippen LogP contribution in [-0.4, -0.2) is 38.6 Å². The van der Waals surface area contributed by atoms with Gasteiger partial charge in [0.2, 0.25) is 0 Å². The second kappa shape index (κ2) is 5.70. The van der Waals surface area contributed by atoms with E-state index >= 15 is 0 Å². The Morgan fingerprint density at radius 1 is 1.30 bits per heavy atom. The average Bonchev–Trinajstić information content (AvgIpc) is 2.83. The van der Waals surface area contributed by atoms with Crippen LogP contribution in [0.5, 0.6) is 0 Å². The van der Waals surface area contributed by atoms with E-state index in [-0.39, 0.29) is 0 Å². The zero-order valence-electron chi connectivity index (χ0n) is 12.1. The number of rotatable bonds is 3. The van der Waals surface area contributed by atoms with E-state index in [0.717, 1.165) is 17.9 Å². The lowest BCUT2D eigenvalue weighted by Gasteiger charge is -2.34. The Labute approximate surface area is 124 Å². The second-order valence-electron chi connectivity index (χ2n) is 5.92. The Hall–Kier alpha value is -1.13. The third-order valence-electron chi connectivity index (χ3n) is 4.21. The van der Waals surface area contributed by atoms with Crippen molar-refractivity contribution in [3.8, 4) is 0 Å². The average molecular weight is 293 g/mol. The van der Waals surface area contributed by atoms with E-state index in [1.54, 1.807) is 4.52 Å². The summed E-state index contributed by atoms with van der Waals surface area (Å²) < 4.78 is 1.72. The van der Waals surface area contributed by atoms with E-state index < -0.39 is 0 Å². The molecule has 0 aliphatic carbocycles. The second-order valence-corrected chi connectivity index (χ2v) is 6.31. The Balaban J connectivity index is 1.67. The van der Waals surface area contributed by atoms with E-state index in [1.807, 2.05) is 18.2 Å². The van der Waals surface area contributed by atoms with Crippen LogP contribution in [0.4, 0.5) is 0 Å². The van der Waals surface area contributed by atoms with Crippen LogP contribution in [0, 0.1) is 5.92 Å².